The van der Waals surface area contributed by atoms with Crippen molar-refractivity contribution in [3.05, 3.63) is 57.0 Å². The van der Waals surface area contributed by atoms with Gasteiger partial charge in [-0.15, -0.1) is 11.3 Å². The smallest absolute Gasteiger partial charge is 0.266 e. The molecule has 1 amide bonds. The molecule has 1 aromatic carbocycles. The van der Waals surface area contributed by atoms with Crippen LogP contribution in [-0.2, 0) is 6.54 Å². The van der Waals surface area contributed by atoms with Crippen molar-refractivity contribution < 1.29 is 4.79 Å². The van der Waals surface area contributed by atoms with Crippen LogP contribution in [0.25, 0.3) is 10.2 Å². The molecule has 1 aliphatic rings. The second-order valence-electron chi connectivity index (χ2n) is 7.44. The Morgan fingerprint density at radius 1 is 1.39 bits per heavy atom. The summed E-state index contributed by atoms with van der Waals surface area (Å²) in [7, 11) is 0. The number of H-pyrrole nitrogens is 1. The molecule has 0 spiro atoms. The number of fused-ring (bicyclic) bond motifs is 1. The minimum Gasteiger partial charge on any atom is -0.321 e. The Labute approximate surface area is 167 Å². The topological polar surface area (TPSA) is 78.1 Å². The van der Waals surface area contributed by atoms with Crippen LogP contribution < -0.4 is 10.9 Å². The number of aromatic nitrogens is 2. The molecule has 1 fully saturated rings. The molecule has 146 valence electrons. The number of thiophene rings is 1. The van der Waals surface area contributed by atoms with E-state index in [9.17, 15) is 9.59 Å². The minimum atomic E-state index is -0.213. The van der Waals surface area contributed by atoms with Crippen LogP contribution in [0, 0.1) is 6.92 Å². The molecule has 1 saturated heterocycles. The zero-order valence-corrected chi connectivity index (χ0v) is 16.9. The highest BCUT2D eigenvalue weighted by Crippen LogP contribution is 2.27. The van der Waals surface area contributed by atoms with Gasteiger partial charge < -0.3 is 10.3 Å². The highest BCUT2D eigenvalue weighted by molar-refractivity contribution is 7.20. The number of aromatic amines is 1. The maximum Gasteiger partial charge on any atom is 0.266 e. The maximum absolute atomic E-state index is 12.8. The van der Waals surface area contributed by atoms with E-state index < -0.39 is 0 Å². The van der Waals surface area contributed by atoms with Gasteiger partial charge in [0.2, 0.25) is 0 Å². The van der Waals surface area contributed by atoms with E-state index in [0.29, 0.717) is 26.7 Å². The molecular weight excluding hydrogens is 372 g/mol. The number of likely N-dealkylation sites (tertiary alicyclic amines) is 1. The van der Waals surface area contributed by atoms with Crippen molar-refractivity contribution in [1.29, 1.82) is 0 Å². The van der Waals surface area contributed by atoms with Crippen LogP contribution in [0.4, 0.5) is 5.69 Å². The average molecular weight is 397 g/mol. The fraction of sp³-hybridized carbons (Fsp3) is 0.381. The van der Waals surface area contributed by atoms with Gasteiger partial charge in [0.15, 0.2) is 0 Å². The summed E-state index contributed by atoms with van der Waals surface area (Å²) in [4.78, 5) is 35.2. The van der Waals surface area contributed by atoms with Crippen LogP contribution in [0.3, 0.4) is 0 Å². The zero-order chi connectivity index (χ0) is 19.7. The molecule has 0 unspecified atom stereocenters. The van der Waals surface area contributed by atoms with Gasteiger partial charge >= 0.3 is 0 Å². The van der Waals surface area contributed by atoms with E-state index in [4.69, 9.17) is 0 Å². The first-order valence-corrected chi connectivity index (χ1v) is 10.5. The summed E-state index contributed by atoms with van der Waals surface area (Å²) in [5, 5.41) is 3.47. The first kappa shape index (κ1) is 18.8. The molecule has 2 aromatic heterocycles. The second-order valence-corrected chi connectivity index (χ2v) is 8.44. The number of nitrogens with zero attached hydrogens (tertiary/aromatic N) is 2. The van der Waals surface area contributed by atoms with Crippen molar-refractivity contribution in [2.45, 2.75) is 45.7 Å². The quantitative estimate of drug-likeness (QED) is 0.701. The monoisotopic (exact) mass is 396 g/mol. The molecule has 6 nitrogen and oxygen atoms in total. The van der Waals surface area contributed by atoms with E-state index in [1.807, 2.05) is 18.2 Å². The van der Waals surface area contributed by atoms with E-state index in [-0.39, 0.29) is 11.5 Å². The number of rotatable bonds is 4. The lowest BCUT2D eigenvalue weighted by molar-refractivity contribution is 0.103. The molecule has 0 aliphatic carbocycles. The molecular formula is C21H24N4O2S. The highest BCUT2D eigenvalue weighted by atomic mass is 32.1. The van der Waals surface area contributed by atoms with Gasteiger partial charge in [0.25, 0.3) is 11.5 Å². The van der Waals surface area contributed by atoms with Crippen LogP contribution in [0.15, 0.2) is 35.4 Å². The van der Waals surface area contributed by atoms with Crippen LogP contribution in [0.5, 0.6) is 0 Å². The molecule has 0 radical (unpaired) electrons. The molecule has 1 atom stereocenters. The predicted octanol–water partition coefficient (Wildman–Crippen LogP) is 3.92. The molecule has 0 bridgehead atoms. The number of anilines is 1. The van der Waals surface area contributed by atoms with E-state index in [0.717, 1.165) is 18.8 Å². The summed E-state index contributed by atoms with van der Waals surface area (Å²) in [6, 6.07) is 8.61. The summed E-state index contributed by atoms with van der Waals surface area (Å²) >= 11 is 1.25. The number of aryl methyl sites for hydroxylation is 1. The molecule has 3 aromatic rings. The van der Waals surface area contributed by atoms with E-state index in [2.05, 4.69) is 33.2 Å². The molecule has 2 N–H and O–H groups in total. The fourth-order valence-electron chi connectivity index (χ4n) is 3.86. The zero-order valence-electron chi connectivity index (χ0n) is 16.1. The molecule has 1 aliphatic heterocycles. The van der Waals surface area contributed by atoms with Gasteiger partial charge in [-0.25, -0.2) is 4.98 Å². The van der Waals surface area contributed by atoms with Gasteiger partial charge in [-0.2, -0.15) is 0 Å². The number of piperidine rings is 1. The Bertz CT molecular complexity index is 1070. The SMILES string of the molecule is Cc1c(C(=O)Nc2cccc(CN3CCCC[C@H]3C)c2)sc2nc[nH]c(=O)c12. The average Bonchev–Trinajstić information content (AvgIpc) is 3.02. The van der Waals surface area contributed by atoms with Gasteiger partial charge in [-0.05, 0) is 56.5 Å². The van der Waals surface area contributed by atoms with Gasteiger partial charge in [0, 0.05) is 18.3 Å². The molecule has 3 heterocycles. The number of carbonyl (C=O) groups excluding carboxylic acids is 1. The van der Waals surface area contributed by atoms with Crippen LogP contribution in [-0.4, -0.2) is 33.4 Å². The first-order chi connectivity index (χ1) is 13.5. The summed E-state index contributed by atoms with van der Waals surface area (Å²) in [5.41, 5.74) is 2.42. The van der Waals surface area contributed by atoms with Crippen molar-refractivity contribution in [2.24, 2.45) is 0 Å². The number of carbonyl (C=O) groups is 1. The number of hydrogen-bond acceptors (Lipinski definition) is 5. The number of nitrogens with one attached hydrogen (secondary N) is 2. The maximum atomic E-state index is 12.8. The van der Waals surface area contributed by atoms with Gasteiger partial charge in [-0.3, -0.25) is 14.5 Å². The molecule has 28 heavy (non-hydrogen) atoms. The Balaban J connectivity index is 1.53. The highest BCUT2D eigenvalue weighted by Gasteiger charge is 2.20. The van der Waals surface area contributed by atoms with Gasteiger partial charge in [0.05, 0.1) is 16.6 Å². The summed E-state index contributed by atoms with van der Waals surface area (Å²) in [6.07, 6.45) is 5.17. The molecule has 4 rings (SSSR count). The van der Waals surface area contributed by atoms with Crippen LogP contribution in [0.2, 0.25) is 0 Å². The van der Waals surface area contributed by atoms with Crippen LogP contribution >= 0.6 is 11.3 Å². The molecule has 0 saturated carbocycles. The Kier molecular flexibility index (Phi) is 5.28. The third-order valence-electron chi connectivity index (χ3n) is 5.45. The van der Waals surface area contributed by atoms with Crippen molar-refractivity contribution in [3.8, 4) is 0 Å². The minimum absolute atomic E-state index is 0.205. The van der Waals surface area contributed by atoms with Crippen molar-refractivity contribution >= 4 is 33.1 Å². The third kappa shape index (κ3) is 3.72. The Morgan fingerprint density at radius 2 is 2.25 bits per heavy atom. The van der Waals surface area contributed by atoms with Gasteiger partial charge in [-0.1, -0.05) is 18.6 Å². The fourth-order valence-corrected chi connectivity index (χ4v) is 4.90. The van der Waals surface area contributed by atoms with E-state index in [1.54, 1.807) is 6.92 Å². The largest absolute Gasteiger partial charge is 0.321 e. The number of hydrogen-bond donors (Lipinski definition) is 2. The predicted molar refractivity (Wildman–Crippen MR) is 113 cm³/mol. The van der Waals surface area contributed by atoms with Crippen molar-refractivity contribution in [1.82, 2.24) is 14.9 Å². The number of amides is 1. The number of benzene rings is 1. The second kappa shape index (κ2) is 7.85. The molecule has 7 heteroatoms. The summed E-state index contributed by atoms with van der Waals surface area (Å²) in [5.74, 6) is -0.205. The lowest BCUT2D eigenvalue weighted by atomic mass is 10.0. The Morgan fingerprint density at radius 3 is 3.04 bits per heavy atom. The lowest BCUT2D eigenvalue weighted by Crippen LogP contribution is -2.36. The van der Waals surface area contributed by atoms with E-state index in [1.165, 1.54) is 42.5 Å². The van der Waals surface area contributed by atoms with Crippen molar-refractivity contribution in [3.63, 3.8) is 0 Å². The summed E-state index contributed by atoms with van der Waals surface area (Å²) in [6.45, 7) is 6.09. The van der Waals surface area contributed by atoms with Gasteiger partial charge in [0.1, 0.15) is 4.83 Å². The first-order valence-electron chi connectivity index (χ1n) is 9.64. The Hall–Kier alpha value is -2.51. The summed E-state index contributed by atoms with van der Waals surface area (Å²) < 4.78 is 0. The van der Waals surface area contributed by atoms with Crippen molar-refractivity contribution in [2.75, 3.05) is 11.9 Å². The third-order valence-corrected chi connectivity index (χ3v) is 6.65. The standard InChI is InChI=1S/C21H24N4O2S/c1-13-6-3-4-9-25(13)11-15-7-5-8-16(10-15)24-20(27)18-14(2)17-19(26)22-12-23-21(17)28-18/h5,7-8,10,12-13H,3-4,6,9,11H2,1-2H3,(H,24,27)(H,22,23,26)/t13-/m1/s1. The van der Waals surface area contributed by atoms with Crippen LogP contribution in [0.1, 0.15) is 47.0 Å². The van der Waals surface area contributed by atoms with E-state index >= 15 is 0 Å². The normalized spacial score (nSPS) is 17.7. The lowest BCUT2D eigenvalue weighted by Gasteiger charge is -2.33.